The maximum absolute atomic E-state index is 12.0. The zero-order valence-corrected chi connectivity index (χ0v) is 13.1. The maximum Gasteiger partial charge on any atom is 0.237 e. The van der Waals surface area contributed by atoms with Gasteiger partial charge in [-0.15, -0.1) is 0 Å². The summed E-state index contributed by atoms with van der Waals surface area (Å²) in [6.07, 6.45) is 3.50. The van der Waals surface area contributed by atoms with Crippen LogP contribution < -0.4 is 4.90 Å². The summed E-state index contributed by atoms with van der Waals surface area (Å²) in [5.74, 6) is 0.406. The lowest BCUT2D eigenvalue weighted by Crippen LogP contribution is -2.29. The molecule has 112 valence electrons. The first-order valence-corrected chi connectivity index (χ1v) is 8.99. The standard InChI is InChI=1S/C12H18ClN3O3S/c1-3-4-9(2)16-11(5-6-14-16)15-8-10(7-12(15)17)20(13,18)19/h5-6,9-10H,3-4,7-8H2,1-2H3. The van der Waals surface area contributed by atoms with E-state index in [1.165, 1.54) is 4.90 Å². The first-order valence-electron chi connectivity index (χ1n) is 6.62. The van der Waals surface area contributed by atoms with Crippen LogP contribution in [0, 0.1) is 0 Å². The Morgan fingerprint density at radius 3 is 2.80 bits per heavy atom. The summed E-state index contributed by atoms with van der Waals surface area (Å²) in [6.45, 7) is 4.20. The molecule has 6 nitrogen and oxygen atoms in total. The number of hydrogen-bond donors (Lipinski definition) is 0. The van der Waals surface area contributed by atoms with Gasteiger partial charge in [-0.05, 0) is 13.3 Å². The fourth-order valence-corrected chi connectivity index (χ4v) is 3.51. The van der Waals surface area contributed by atoms with Gasteiger partial charge in [0, 0.05) is 29.7 Å². The fourth-order valence-electron chi connectivity index (χ4n) is 2.49. The molecule has 0 radical (unpaired) electrons. The maximum atomic E-state index is 12.0. The van der Waals surface area contributed by atoms with Crippen molar-refractivity contribution < 1.29 is 13.2 Å². The minimum Gasteiger partial charge on any atom is -0.296 e. The van der Waals surface area contributed by atoms with Gasteiger partial charge in [-0.1, -0.05) is 13.3 Å². The summed E-state index contributed by atoms with van der Waals surface area (Å²) >= 11 is 0. The van der Waals surface area contributed by atoms with Crippen molar-refractivity contribution in [1.29, 1.82) is 0 Å². The molecule has 0 saturated carbocycles. The highest BCUT2D eigenvalue weighted by atomic mass is 35.7. The van der Waals surface area contributed by atoms with Gasteiger partial charge >= 0.3 is 0 Å². The second kappa shape index (κ2) is 5.73. The summed E-state index contributed by atoms with van der Waals surface area (Å²) in [4.78, 5) is 13.5. The molecule has 8 heteroatoms. The van der Waals surface area contributed by atoms with E-state index in [2.05, 4.69) is 12.0 Å². The quantitative estimate of drug-likeness (QED) is 0.777. The van der Waals surface area contributed by atoms with Crippen molar-refractivity contribution in [3.63, 3.8) is 0 Å². The van der Waals surface area contributed by atoms with Crippen molar-refractivity contribution in [2.24, 2.45) is 0 Å². The van der Waals surface area contributed by atoms with E-state index in [0.29, 0.717) is 5.82 Å². The van der Waals surface area contributed by atoms with E-state index < -0.39 is 14.3 Å². The van der Waals surface area contributed by atoms with Crippen LogP contribution in [0.4, 0.5) is 5.82 Å². The second-order valence-electron chi connectivity index (χ2n) is 5.08. The number of carbonyl (C=O) groups is 1. The Labute approximate surface area is 123 Å². The highest BCUT2D eigenvalue weighted by Gasteiger charge is 2.39. The van der Waals surface area contributed by atoms with Gasteiger partial charge in [0.1, 0.15) is 11.1 Å². The number of anilines is 1. The largest absolute Gasteiger partial charge is 0.296 e. The summed E-state index contributed by atoms with van der Waals surface area (Å²) in [5, 5.41) is 3.40. The van der Waals surface area contributed by atoms with Crippen molar-refractivity contribution in [3.05, 3.63) is 12.3 Å². The van der Waals surface area contributed by atoms with E-state index in [-0.39, 0.29) is 24.9 Å². The molecule has 1 aromatic rings. The molecule has 2 unspecified atom stereocenters. The Bertz CT molecular complexity index is 599. The van der Waals surface area contributed by atoms with Gasteiger partial charge in [-0.25, -0.2) is 13.1 Å². The van der Waals surface area contributed by atoms with Crippen LogP contribution in [0.5, 0.6) is 0 Å². The molecule has 20 heavy (non-hydrogen) atoms. The van der Waals surface area contributed by atoms with Crippen molar-refractivity contribution in [1.82, 2.24) is 9.78 Å². The van der Waals surface area contributed by atoms with Crippen LogP contribution in [0.3, 0.4) is 0 Å². The lowest BCUT2D eigenvalue weighted by Gasteiger charge is -2.21. The normalized spacial score (nSPS) is 21.4. The van der Waals surface area contributed by atoms with Crippen LogP contribution in [-0.4, -0.2) is 35.9 Å². The third kappa shape index (κ3) is 2.98. The first-order chi connectivity index (χ1) is 9.34. The molecule has 2 atom stereocenters. The lowest BCUT2D eigenvalue weighted by atomic mass is 10.2. The second-order valence-corrected chi connectivity index (χ2v) is 7.99. The van der Waals surface area contributed by atoms with Gasteiger partial charge < -0.3 is 0 Å². The molecule has 0 bridgehead atoms. The summed E-state index contributed by atoms with van der Waals surface area (Å²) in [6, 6.07) is 1.89. The lowest BCUT2D eigenvalue weighted by molar-refractivity contribution is -0.117. The van der Waals surface area contributed by atoms with E-state index in [1.54, 1.807) is 16.9 Å². The number of halogens is 1. The molecule has 1 fully saturated rings. The van der Waals surface area contributed by atoms with Crippen LogP contribution in [0.2, 0.25) is 0 Å². The number of hydrogen-bond acceptors (Lipinski definition) is 4. The minimum absolute atomic E-state index is 0.0703. The number of nitrogens with zero attached hydrogens (tertiary/aromatic N) is 3. The van der Waals surface area contributed by atoms with Crippen molar-refractivity contribution in [2.75, 3.05) is 11.4 Å². The summed E-state index contributed by atoms with van der Waals surface area (Å²) in [5.41, 5.74) is 0. The molecule has 1 amide bonds. The van der Waals surface area contributed by atoms with Crippen molar-refractivity contribution in [2.45, 2.75) is 44.4 Å². The van der Waals surface area contributed by atoms with Gasteiger partial charge in [-0.2, -0.15) is 5.10 Å². The highest BCUT2D eigenvalue weighted by molar-refractivity contribution is 8.14. The fraction of sp³-hybridized carbons (Fsp3) is 0.667. The molecule has 0 N–H and O–H groups in total. The Morgan fingerprint density at radius 2 is 2.25 bits per heavy atom. The molecule has 1 aliphatic rings. The number of carbonyl (C=O) groups excluding carboxylic acids is 1. The smallest absolute Gasteiger partial charge is 0.237 e. The Morgan fingerprint density at radius 1 is 1.55 bits per heavy atom. The Hall–Kier alpha value is -1.08. The number of aromatic nitrogens is 2. The van der Waals surface area contributed by atoms with Gasteiger partial charge in [0.25, 0.3) is 0 Å². The minimum atomic E-state index is -3.72. The molecule has 2 rings (SSSR count). The number of rotatable bonds is 5. The van der Waals surface area contributed by atoms with Gasteiger partial charge in [-0.3, -0.25) is 9.69 Å². The molecular weight excluding hydrogens is 302 g/mol. The zero-order valence-electron chi connectivity index (χ0n) is 11.5. The average molecular weight is 320 g/mol. The van der Waals surface area contributed by atoms with Gasteiger partial charge in [0.2, 0.25) is 15.0 Å². The predicted molar refractivity (Wildman–Crippen MR) is 77.4 cm³/mol. The van der Waals surface area contributed by atoms with Crippen LogP contribution in [-0.2, 0) is 13.8 Å². The molecule has 1 aromatic heterocycles. The van der Waals surface area contributed by atoms with Gasteiger partial charge in [0.15, 0.2) is 0 Å². The van der Waals surface area contributed by atoms with Crippen molar-refractivity contribution >= 4 is 31.5 Å². The van der Waals surface area contributed by atoms with E-state index in [9.17, 15) is 13.2 Å². The molecule has 2 heterocycles. The van der Waals surface area contributed by atoms with E-state index >= 15 is 0 Å². The third-order valence-corrected chi connectivity index (χ3v) is 5.41. The molecule has 0 aliphatic carbocycles. The zero-order chi connectivity index (χ0) is 14.9. The first kappa shape index (κ1) is 15.3. The van der Waals surface area contributed by atoms with Crippen LogP contribution >= 0.6 is 10.7 Å². The van der Waals surface area contributed by atoms with E-state index in [0.717, 1.165) is 12.8 Å². The SMILES string of the molecule is CCCC(C)n1nccc1N1CC(S(=O)(=O)Cl)CC1=O. The molecule has 1 saturated heterocycles. The molecule has 1 aliphatic heterocycles. The van der Waals surface area contributed by atoms with Crippen LogP contribution in [0.25, 0.3) is 0 Å². The average Bonchev–Trinajstić information content (AvgIpc) is 2.94. The van der Waals surface area contributed by atoms with Crippen molar-refractivity contribution in [3.8, 4) is 0 Å². The molecular formula is C12H18ClN3O3S. The predicted octanol–water partition coefficient (Wildman–Crippen LogP) is 1.92. The van der Waals surface area contributed by atoms with Gasteiger partial charge in [0.05, 0.1) is 12.2 Å². The highest BCUT2D eigenvalue weighted by Crippen LogP contribution is 2.28. The van der Waals surface area contributed by atoms with Crippen LogP contribution in [0.1, 0.15) is 39.2 Å². The van der Waals surface area contributed by atoms with E-state index in [1.807, 2.05) is 6.92 Å². The van der Waals surface area contributed by atoms with E-state index in [4.69, 9.17) is 10.7 Å². The summed E-state index contributed by atoms with van der Waals surface area (Å²) in [7, 11) is 1.63. The Balaban J connectivity index is 2.25. The number of amides is 1. The molecule has 0 spiro atoms. The Kier molecular flexibility index (Phi) is 4.39. The topological polar surface area (TPSA) is 72.3 Å². The molecule has 0 aromatic carbocycles. The summed E-state index contributed by atoms with van der Waals surface area (Å²) < 4.78 is 24.5. The van der Waals surface area contributed by atoms with Crippen LogP contribution in [0.15, 0.2) is 12.3 Å². The third-order valence-electron chi connectivity index (χ3n) is 3.54. The monoisotopic (exact) mass is 319 g/mol.